The Morgan fingerprint density at radius 3 is 2.47 bits per heavy atom. The van der Waals surface area contributed by atoms with E-state index < -0.39 is 0 Å². The summed E-state index contributed by atoms with van der Waals surface area (Å²) in [6, 6.07) is 7.78. The molecule has 2 aromatic rings. The average Bonchev–Trinajstić information content (AvgIpc) is 2.61. The van der Waals surface area contributed by atoms with Crippen molar-refractivity contribution in [1.29, 1.82) is 0 Å². The van der Waals surface area contributed by atoms with Gasteiger partial charge in [-0.05, 0) is 31.5 Å². The van der Waals surface area contributed by atoms with Gasteiger partial charge in [0.15, 0.2) is 0 Å². The van der Waals surface area contributed by atoms with Gasteiger partial charge in [-0.1, -0.05) is 23.7 Å². The van der Waals surface area contributed by atoms with Crippen LogP contribution in [-0.2, 0) is 13.1 Å². The van der Waals surface area contributed by atoms with Crippen molar-refractivity contribution < 1.29 is 4.42 Å². The second kappa shape index (κ2) is 5.34. The molecule has 0 unspecified atom stereocenters. The molecule has 4 heteroatoms. The van der Waals surface area contributed by atoms with Crippen LogP contribution < -0.4 is 5.32 Å². The van der Waals surface area contributed by atoms with Crippen LogP contribution in [0.5, 0.6) is 0 Å². The first-order valence-corrected chi connectivity index (χ1v) is 5.91. The zero-order valence-corrected chi connectivity index (χ0v) is 10.7. The Labute approximate surface area is 106 Å². The van der Waals surface area contributed by atoms with E-state index in [1.54, 1.807) is 0 Å². The minimum absolute atomic E-state index is 0.636. The van der Waals surface area contributed by atoms with Crippen LogP contribution in [0.4, 0.5) is 0 Å². The number of halogens is 1. The number of nitrogens with zero attached hydrogens (tertiary/aromatic N) is 1. The standard InChI is InChI=1S/C13H15ClN2O/c1-9-10(2)17-13(16-9)8-15-7-11-3-5-12(14)6-4-11/h3-6,15H,7-8H2,1-2H3. The molecule has 17 heavy (non-hydrogen) atoms. The van der Waals surface area contributed by atoms with Gasteiger partial charge in [-0.15, -0.1) is 0 Å². The lowest BCUT2D eigenvalue weighted by atomic mass is 10.2. The van der Waals surface area contributed by atoms with E-state index in [9.17, 15) is 0 Å². The summed E-state index contributed by atoms with van der Waals surface area (Å²) in [6.45, 7) is 5.28. The molecule has 0 bridgehead atoms. The molecule has 0 atom stereocenters. The molecule has 1 heterocycles. The molecule has 1 aromatic heterocycles. The second-order valence-corrected chi connectivity index (χ2v) is 4.42. The first-order valence-electron chi connectivity index (χ1n) is 5.53. The van der Waals surface area contributed by atoms with Crippen LogP contribution in [0.25, 0.3) is 0 Å². The van der Waals surface area contributed by atoms with Crippen LogP contribution in [0.2, 0.25) is 5.02 Å². The molecule has 0 saturated carbocycles. The van der Waals surface area contributed by atoms with Gasteiger partial charge in [0.05, 0.1) is 12.2 Å². The largest absolute Gasteiger partial charge is 0.444 e. The van der Waals surface area contributed by atoms with E-state index in [-0.39, 0.29) is 0 Å². The average molecular weight is 251 g/mol. The van der Waals surface area contributed by atoms with E-state index in [0.717, 1.165) is 28.9 Å². The molecule has 1 aromatic carbocycles. The Kier molecular flexibility index (Phi) is 3.82. The number of benzene rings is 1. The number of hydrogen-bond donors (Lipinski definition) is 1. The summed E-state index contributed by atoms with van der Waals surface area (Å²) in [5.74, 6) is 1.61. The molecule has 0 radical (unpaired) electrons. The summed E-state index contributed by atoms with van der Waals surface area (Å²) in [4.78, 5) is 4.31. The number of hydrogen-bond acceptors (Lipinski definition) is 3. The zero-order chi connectivity index (χ0) is 12.3. The fourth-order valence-electron chi connectivity index (χ4n) is 1.53. The number of aromatic nitrogens is 1. The number of nitrogens with one attached hydrogen (secondary N) is 1. The van der Waals surface area contributed by atoms with Crippen LogP contribution in [0, 0.1) is 13.8 Å². The van der Waals surface area contributed by atoms with E-state index in [1.807, 2.05) is 38.1 Å². The smallest absolute Gasteiger partial charge is 0.208 e. The Morgan fingerprint density at radius 2 is 1.88 bits per heavy atom. The highest BCUT2D eigenvalue weighted by molar-refractivity contribution is 6.30. The van der Waals surface area contributed by atoms with Crippen molar-refractivity contribution in [1.82, 2.24) is 10.3 Å². The fourth-order valence-corrected chi connectivity index (χ4v) is 1.66. The first kappa shape index (κ1) is 12.1. The lowest BCUT2D eigenvalue weighted by Gasteiger charge is -2.02. The van der Waals surface area contributed by atoms with E-state index in [0.29, 0.717) is 6.54 Å². The monoisotopic (exact) mass is 250 g/mol. The molecule has 0 spiro atoms. The van der Waals surface area contributed by atoms with E-state index >= 15 is 0 Å². The lowest BCUT2D eigenvalue weighted by Crippen LogP contribution is -2.12. The highest BCUT2D eigenvalue weighted by atomic mass is 35.5. The maximum Gasteiger partial charge on any atom is 0.208 e. The highest BCUT2D eigenvalue weighted by Gasteiger charge is 2.04. The van der Waals surface area contributed by atoms with E-state index in [1.165, 1.54) is 5.56 Å². The molecule has 1 N–H and O–H groups in total. The summed E-state index contributed by atoms with van der Waals surface area (Å²) < 4.78 is 5.48. The SMILES string of the molecule is Cc1nc(CNCc2ccc(Cl)cc2)oc1C. The van der Waals surface area contributed by atoms with Crippen LogP contribution in [0.3, 0.4) is 0 Å². The molecule has 0 aliphatic heterocycles. The maximum atomic E-state index is 5.82. The Hall–Kier alpha value is -1.32. The normalized spacial score (nSPS) is 10.8. The summed E-state index contributed by atoms with van der Waals surface area (Å²) in [6.07, 6.45) is 0. The quantitative estimate of drug-likeness (QED) is 0.905. The molecule has 0 amide bonds. The van der Waals surface area contributed by atoms with Gasteiger partial charge in [0.25, 0.3) is 0 Å². The van der Waals surface area contributed by atoms with Gasteiger partial charge in [0, 0.05) is 11.6 Å². The number of rotatable bonds is 4. The minimum atomic E-state index is 0.636. The summed E-state index contributed by atoms with van der Waals surface area (Å²) in [5.41, 5.74) is 2.14. The van der Waals surface area contributed by atoms with Gasteiger partial charge in [0.1, 0.15) is 5.76 Å². The zero-order valence-electron chi connectivity index (χ0n) is 9.96. The van der Waals surface area contributed by atoms with E-state index in [4.69, 9.17) is 16.0 Å². The van der Waals surface area contributed by atoms with Crippen molar-refractivity contribution in [2.24, 2.45) is 0 Å². The molecule has 2 rings (SSSR count). The Morgan fingerprint density at radius 1 is 1.18 bits per heavy atom. The van der Waals surface area contributed by atoms with Crippen LogP contribution >= 0.6 is 11.6 Å². The van der Waals surface area contributed by atoms with Crippen molar-refractivity contribution in [2.45, 2.75) is 26.9 Å². The summed E-state index contributed by atoms with van der Waals surface area (Å²) in [5, 5.41) is 4.04. The Balaban J connectivity index is 1.85. The van der Waals surface area contributed by atoms with Crippen LogP contribution in [-0.4, -0.2) is 4.98 Å². The van der Waals surface area contributed by atoms with Crippen molar-refractivity contribution in [3.8, 4) is 0 Å². The molecule has 0 aliphatic rings. The number of aryl methyl sites for hydroxylation is 2. The van der Waals surface area contributed by atoms with Crippen LogP contribution in [0.15, 0.2) is 28.7 Å². The predicted molar refractivity (Wildman–Crippen MR) is 68.0 cm³/mol. The third-order valence-electron chi connectivity index (χ3n) is 2.59. The van der Waals surface area contributed by atoms with Gasteiger partial charge in [-0.2, -0.15) is 0 Å². The first-order chi connectivity index (χ1) is 8.15. The molecular weight excluding hydrogens is 236 g/mol. The van der Waals surface area contributed by atoms with Crippen LogP contribution in [0.1, 0.15) is 22.9 Å². The maximum absolute atomic E-state index is 5.82. The van der Waals surface area contributed by atoms with Gasteiger partial charge >= 0.3 is 0 Å². The summed E-state index contributed by atoms with van der Waals surface area (Å²) >= 11 is 5.82. The molecule has 90 valence electrons. The third kappa shape index (κ3) is 3.32. The van der Waals surface area contributed by atoms with E-state index in [2.05, 4.69) is 10.3 Å². The molecule has 0 aliphatic carbocycles. The lowest BCUT2D eigenvalue weighted by molar-refractivity contribution is 0.448. The second-order valence-electron chi connectivity index (χ2n) is 3.98. The molecular formula is C13H15ClN2O. The van der Waals surface area contributed by atoms with Crippen molar-refractivity contribution in [3.05, 3.63) is 52.2 Å². The van der Waals surface area contributed by atoms with Gasteiger partial charge in [-0.3, -0.25) is 0 Å². The van der Waals surface area contributed by atoms with Gasteiger partial charge in [0.2, 0.25) is 5.89 Å². The van der Waals surface area contributed by atoms with Crippen molar-refractivity contribution in [3.63, 3.8) is 0 Å². The highest BCUT2D eigenvalue weighted by Crippen LogP contribution is 2.10. The van der Waals surface area contributed by atoms with Gasteiger partial charge in [-0.25, -0.2) is 4.98 Å². The van der Waals surface area contributed by atoms with Crippen molar-refractivity contribution in [2.75, 3.05) is 0 Å². The molecule has 0 fully saturated rings. The van der Waals surface area contributed by atoms with Crippen molar-refractivity contribution >= 4 is 11.6 Å². The predicted octanol–water partition coefficient (Wildman–Crippen LogP) is 3.23. The van der Waals surface area contributed by atoms with Gasteiger partial charge < -0.3 is 9.73 Å². The fraction of sp³-hybridized carbons (Fsp3) is 0.308. The molecule has 3 nitrogen and oxygen atoms in total. The summed E-state index contributed by atoms with van der Waals surface area (Å²) in [7, 11) is 0. The third-order valence-corrected chi connectivity index (χ3v) is 2.84. The topological polar surface area (TPSA) is 38.1 Å². The molecule has 0 saturated heterocycles. The minimum Gasteiger partial charge on any atom is -0.444 e. The Bertz CT molecular complexity index is 471. The number of oxazole rings is 1.